The number of thiophene rings is 1. The monoisotopic (exact) mass is 254 g/mol. The number of aryl methyl sites for hydroxylation is 1. The maximum atomic E-state index is 10.5. The average molecular weight is 254 g/mol. The zero-order chi connectivity index (χ0) is 12.1. The number of hydrogen-bond donors (Lipinski definition) is 2. The summed E-state index contributed by atoms with van der Waals surface area (Å²) in [5, 5.41) is 24.9. The van der Waals surface area contributed by atoms with Crippen LogP contribution in [0.2, 0.25) is 0 Å². The van der Waals surface area contributed by atoms with E-state index >= 15 is 0 Å². The Bertz CT molecular complexity index is 313. The van der Waals surface area contributed by atoms with Gasteiger partial charge in [-0.3, -0.25) is 0 Å². The Balaban J connectivity index is 1.86. The third kappa shape index (κ3) is 3.54. The maximum absolute atomic E-state index is 10.5. The van der Waals surface area contributed by atoms with Crippen molar-refractivity contribution in [2.45, 2.75) is 63.1 Å². The molecule has 1 aromatic heterocycles. The highest BCUT2D eigenvalue weighted by molar-refractivity contribution is 7.07. The number of hydrogen-bond acceptors (Lipinski definition) is 3. The van der Waals surface area contributed by atoms with Gasteiger partial charge in [-0.2, -0.15) is 11.3 Å². The summed E-state index contributed by atoms with van der Waals surface area (Å²) >= 11 is 1.69. The molecule has 1 atom stereocenters. The molecule has 0 spiro atoms. The highest BCUT2D eigenvalue weighted by Gasteiger charge is 2.35. The van der Waals surface area contributed by atoms with E-state index in [4.69, 9.17) is 0 Å². The molecule has 0 aliphatic heterocycles. The van der Waals surface area contributed by atoms with Gasteiger partial charge >= 0.3 is 0 Å². The Labute approximate surface area is 107 Å². The van der Waals surface area contributed by atoms with Crippen molar-refractivity contribution in [1.82, 2.24) is 0 Å². The van der Waals surface area contributed by atoms with Gasteiger partial charge < -0.3 is 10.2 Å². The van der Waals surface area contributed by atoms with E-state index in [0.29, 0.717) is 6.42 Å². The van der Waals surface area contributed by atoms with Crippen LogP contribution in [0.1, 0.15) is 50.5 Å². The Kier molecular flexibility index (Phi) is 4.60. The molecule has 0 radical (unpaired) electrons. The van der Waals surface area contributed by atoms with Gasteiger partial charge in [-0.15, -0.1) is 0 Å². The fraction of sp³-hybridized carbons (Fsp3) is 0.714. The van der Waals surface area contributed by atoms with Crippen LogP contribution in [0.4, 0.5) is 0 Å². The Morgan fingerprint density at radius 1 is 1.24 bits per heavy atom. The lowest BCUT2D eigenvalue weighted by Gasteiger charge is -2.32. The first-order valence-corrected chi connectivity index (χ1v) is 7.56. The lowest BCUT2D eigenvalue weighted by Crippen LogP contribution is -2.42. The van der Waals surface area contributed by atoms with Crippen LogP contribution in [-0.2, 0) is 6.42 Å². The second-order valence-corrected chi connectivity index (χ2v) is 5.98. The molecule has 2 rings (SSSR count). The van der Waals surface area contributed by atoms with Gasteiger partial charge in [0.25, 0.3) is 0 Å². The molecule has 3 heteroatoms. The van der Waals surface area contributed by atoms with Crippen LogP contribution < -0.4 is 0 Å². The molecule has 1 heterocycles. The first-order valence-electron chi connectivity index (χ1n) is 6.62. The van der Waals surface area contributed by atoms with E-state index in [2.05, 4.69) is 16.8 Å². The number of aliphatic hydroxyl groups excluding tert-OH is 1. The molecular weight excluding hydrogens is 232 g/mol. The van der Waals surface area contributed by atoms with Crippen molar-refractivity contribution >= 4 is 11.3 Å². The first kappa shape index (κ1) is 13.1. The largest absolute Gasteiger partial charge is 0.390 e. The van der Waals surface area contributed by atoms with E-state index in [1.165, 1.54) is 18.4 Å². The van der Waals surface area contributed by atoms with Crippen molar-refractivity contribution in [2.24, 2.45) is 0 Å². The van der Waals surface area contributed by atoms with E-state index in [1.807, 2.05) is 0 Å². The lowest BCUT2D eigenvalue weighted by molar-refractivity contribution is -0.0870. The summed E-state index contributed by atoms with van der Waals surface area (Å²) in [6.45, 7) is 0. The predicted molar refractivity (Wildman–Crippen MR) is 71.3 cm³/mol. The van der Waals surface area contributed by atoms with Crippen LogP contribution >= 0.6 is 11.3 Å². The molecule has 1 unspecified atom stereocenters. The minimum Gasteiger partial charge on any atom is -0.390 e. The van der Waals surface area contributed by atoms with E-state index in [1.54, 1.807) is 11.3 Å². The van der Waals surface area contributed by atoms with Gasteiger partial charge in [0.2, 0.25) is 0 Å². The normalized spacial score (nSPS) is 22.0. The molecule has 96 valence electrons. The molecule has 1 aliphatic carbocycles. The third-order valence-electron chi connectivity index (χ3n) is 3.88. The van der Waals surface area contributed by atoms with Crippen LogP contribution in [0.5, 0.6) is 0 Å². The van der Waals surface area contributed by atoms with Crippen LogP contribution in [0.3, 0.4) is 0 Å². The maximum Gasteiger partial charge on any atom is 0.0905 e. The Hall–Kier alpha value is -0.380. The van der Waals surface area contributed by atoms with Crippen molar-refractivity contribution in [3.05, 3.63) is 22.4 Å². The molecule has 0 amide bonds. The smallest absolute Gasteiger partial charge is 0.0905 e. The fourth-order valence-electron chi connectivity index (χ4n) is 2.68. The van der Waals surface area contributed by atoms with Gasteiger partial charge in [-0.05, 0) is 48.1 Å². The van der Waals surface area contributed by atoms with Gasteiger partial charge in [0.1, 0.15) is 0 Å². The van der Waals surface area contributed by atoms with E-state index in [-0.39, 0.29) is 0 Å². The molecule has 0 bridgehead atoms. The minimum atomic E-state index is -0.827. The molecule has 2 N–H and O–H groups in total. The minimum absolute atomic E-state index is 0.569. The summed E-state index contributed by atoms with van der Waals surface area (Å²) in [5.41, 5.74) is 0.443. The van der Waals surface area contributed by atoms with Gasteiger partial charge in [0.05, 0.1) is 11.7 Å². The summed E-state index contributed by atoms with van der Waals surface area (Å²) < 4.78 is 0. The van der Waals surface area contributed by atoms with Gasteiger partial charge in [-0.1, -0.05) is 25.7 Å². The van der Waals surface area contributed by atoms with Crippen molar-refractivity contribution < 1.29 is 10.2 Å². The van der Waals surface area contributed by atoms with Crippen molar-refractivity contribution in [2.75, 3.05) is 0 Å². The summed E-state index contributed by atoms with van der Waals surface area (Å²) in [6.07, 6.45) is 6.98. The van der Waals surface area contributed by atoms with E-state index in [9.17, 15) is 10.2 Å². The number of aliphatic hydroxyl groups is 2. The molecule has 1 saturated carbocycles. The first-order chi connectivity index (χ1) is 8.21. The highest BCUT2D eigenvalue weighted by atomic mass is 32.1. The van der Waals surface area contributed by atoms with Gasteiger partial charge in [-0.25, -0.2) is 0 Å². The summed E-state index contributed by atoms with van der Waals surface area (Å²) in [4.78, 5) is 0. The second-order valence-electron chi connectivity index (χ2n) is 5.20. The van der Waals surface area contributed by atoms with Crippen molar-refractivity contribution in [1.29, 1.82) is 0 Å². The van der Waals surface area contributed by atoms with Crippen LogP contribution in [0.15, 0.2) is 16.8 Å². The second kappa shape index (κ2) is 5.98. The zero-order valence-corrected chi connectivity index (χ0v) is 11.1. The highest BCUT2D eigenvalue weighted by Crippen LogP contribution is 2.31. The summed E-state index contributed by atoms with van der Waals surface area (Å²) in [7, 11) is 0. The predicted octanol–water partition coefficient (Wildman–Crippen LogP) is 3.13. The van der Waals surface area contributed by atoms with Gasteiger partial charge in [0.15, 0.2) is 0 Å². The van der Waals surface area contributed by atoms with Crippen LogP contribution in [0.25, 0.3) is 0 Å². The SMILES string of the molecule is OC(CCc1ccsc1)C1(O)CCCCCC1. The molecule has 0 saturated heterocycles. The topological polar surface area (TPSA) is 40.5 Å². The quantitative estimate of drug-likeness (QED) is 0.810. The third-order valence-corrected chi connectivity index (χ3v) is 4.61. The summed E-state index contributed by atoms with van der Waals surface area (Å²) in [5.74, 6) is 0. The Morgan fingerprint density at radius 2 is 1.94 bits per heavy atom. The Morgan fingerprint density at radius 3 is 2.53 bits per heavy atom. The van der Waals surface area contributed by atoms with Crippen molar-refractivity contribution in [3.63, 3.8) is 0 Å². The molecule has 1 aromatic rings. The van der Waals surface area contributed by atoms with E-state index < -0.39 is 11.7 Å². The van der Waals surface area contributed by atoms with Crippen LogP contribution in [-0.4, -0.2) is 21.9 Å². The van der Waals surface area contributed by atoms with E-state index in [0.717, 1.165) is 32.1 Å². The molecule has 1 aliphatic rings. The van der Waals surface area contributed by atoms with Crippen molar-refractivity contribution in [3.8, 4) is 0 Å². The molecule has 1 fully saturated rings. The average Bonchev–Trinajstić information content (AvgIpc) is 2.74. The molecule has 2 nitrogen and oxygen atoms in total. The standard InChI is InChI=1S/C14H22O2S/c15-13(6-5-12-7-10-17-11-12)14(16)8-3-1-2-4-9-14/h7,10-11,13,15-16H,1-6,8-9H2. The molecule has 17 heavy (non-hydrogen) atoms. The van der Waals surface area contributed by atoms with Crippen LogP contribution in [0, 0.1) is 0 Å². The van der Waals surface area contributed by atoms with Gasteiger partial charge in [0, 0.05) is 0 Å². The zero-order valence-electron chi connectivity index (χ0n) is 10.3. The fourth-order valence-corrected chi connectivity index (χ4v) is 3.38. The lowest BCUT2D eigenvalue weighted by atomic mass is 9.85. The number of rotatable bonds is 4. The molecular formula is C14H22O2S. The summed E-state index contributed by atoms with van der Waals surface area (Å²) in [6, 6.07) is 2.09. The molecule has 0 aromatic carbocycles.